The van der Waals surface area contributed by atoms with Gasteiger partial charge in [-0.05, 0) is 6.92 Å². The summed E-state index contributed by atoms with van der Waals surface area (Å²) < 4.78 is 0. The fraction of sp³-hybridized carbons (Fsp3) is 0.500. The van der Waals surface area contributed by atoms with E-state index in [1.165, 1.54) is 0 Å². The molecule has 0 aliphatic rings. The first kappa shape index (κ1) is 9.57. The van der Waals surface area contributed by atoms with E-state index in [0.717, 1.165) is 5.82 Å². The van der Waals surface area contributed by atoms with Crippen molar-refractivity contribution in [2.45, 2.75) is 26.4 Å². The molecule has 0 aromatic carbocycles. The minimum atomic E-state index is -0.101. The molecule has 3 N–H and O–H groups in total. The number of H-pyrrole nitrogens is 1. The first-order valence-corrected chi connectivity index (χ1v) is 4.27. The lowest BCUT2D eigenvalue weighted by Crippen LogP contribution is -2.37. The molecule has 1 amide bonds. The van der Waals surface area contributed by atoms with Gasteiger partial charge in [0, 0.05) is 12.6 Å². The molecule has 0 aliphatic carbocycles. The van der Waals surface area contributed by atoms with Crippen molar-refractivity contribution in [1.82, 2.24) is 15.3 Å². The summed E-state index contributed by atoms with van der Waals surface area (Å²) in [5, 5.41) is 5.78. The third-order valence-corrected chi connectivity index (χ3v) is 1.56. The van der Waals surface area contributed by atoms with Crippen molar-refractivity contribution in [3.8, 4) is 0 Å². The summed E-state index contributed by atoms with van der Waals surface area (Å²) >= 11 is 0. The Labute approximate surface area is 76.9 Å². The molecule has 13 heavy (non-hydrogen) atoms. The number of aromatic amines is 1. The lowest BCUT2D eigenvalue weighted by atomic mass is 10.4. The van der Waals surface area contributed by atoms with Crippen LogP contribution in [0, 0.1) is 0 Å². The number of nitrogens with one attached hydrogen (secondary N) is 3. The predicted octanol–water partition coefficient (Wildman–Crippen LogP) is 0.694. The fourth-order valence-electron chi connectivity index (χ4n) is 0.941. The maximum absolute atomic E-state index is 11.0. The number of hydrogen-bond acceptors (Lipinski definition) is 3. The molecule has 1 rings (SSSR count). The van der Waals surface area contributed by atoms with E-state index >= 15 is 0 Å². The minimum Gasteiger partial charge on any atom is -0.349 e. The highest BCUT2D eigenvalue weighted by molar-refractivity contribution is 5.76. The molecule has 5 nitrogen and oxygen atoms in total. The van der Waals surface area contributed by atoms with Gasteiger partial charge in [0.05, 0.1) is 12.5 Å². The summed E-state index contributed by atoms with van der Waals surface area (Å²) in [6.45, 7) is 3.68. The summed E-state index contributed by atoms with van der Waals surface area (Å²) in [6, 6.07) is 0. The Bertz CT molecular complexity index is 257. The van der Waals surface area contributed by atoms with Crippen LogP contribution < -0.4 is 10.6 Å². The second kappa shape index (κ2) is 4.49. The van der Waals surface area contributed by atoms with Gasteiger partial charge >= 0.3 is 0 Å². The first-order chi connectivity index (χ1) is 6.22. The van der Waals surface area contributed by atoms with Gasteiger partial charge in [-0.2, -0.15) is 0 Å². The smallest absolute Gasteiger partial charge is 0.221 e. The minimum absolute atomic E-state index is 0.0236. The van der Waals surface area contributed by atoms with Gasteiger partial charge in [0.15, 0.2) is 0 Å². The van der Waals surface area contributed by atoms with Gasteiger partial charge in [-0.15, -0.1) is 0 Å². The molecule has 1 unspecified atom stereocenters. The first-order valence-electron chi connectivity index (χ1n) is 4.27. The van der Waals surface area contributed by atoms with E-state index < -0.39 is 0 Å². The number of anilines is 1. The van der Waals surface area contributed by atoms with E-state index in [2.05, 4.69) is 20.6 Å². The average Bonchev–Trinajstić information content (AvgIpc) is 2.56. The average molecular weight is 182 g/mol. The van der Waals surface area contributed by atoms with Gasteiger partial charge in [0.2, 0.25) is 5.91 Å². The van der Waals surface area contributed by atoms with Gasteiger partial charge in [-0.1, -0.05) is 6.92 Å². The Balaban J connectivity index is 2.33. The molecule has 1 heterocycles. The van der Waals surface area contributed by atoms with Crippen LogP contribution in [-0.4, -0.2) is 22.0 Å². The van der Waals surface area contributed by atoms with Crippen LogP contribution in [0.25, 0.3) is 0 Å². The molecule has 0 aliphatic heterocycles. The van der Waals surface area contributed by atoms with Crippen LogP contribution in [0.3, 0.4) is 0 Å². The number of amides is 1. The molecule has 72 valence electrons. The van der Waals surface area contributed by atoms with E-state index in [9.17, 15) is 4.79 Å². The normalized spacial score (nSPS) is 12.2. The standard InChI is InChI=1S/C8H14N4O/c1-3-8(13)12-6(2)11-7-4-9-5-10-7/h4-6,11H,3H2,1-2H3,(H,9,10)(H,12,13). The summed E-state index contributed by atoms with van der Waals surface area (Å²) in [6.07, 6.45) is 3.70. The Hall–Kier alpha value is -1.52. The van der Waals surface area contributed by atoms with Crippen LogP contribution >= 0.6 is 0 Å². The van der Waals surface area contributed by atoms with E-state index in [4.69, 9.17) is 0 Å². The summed E-state index contributed by atoms with van der Waals surface area (Å²) in [5.74, 6) is 0.749. The van der Waals surface area contributed by atoms with E-state index in [1.807, 2.05) is 13.8 Å². The number of hydrogen-bond donors (Lipinski definition) is 3. The largest absolute Gasteiger partial charge is 0.349 e. The third kappa shape index (κ3) is 3.14. The molecule has 0 bridgehead atoms. The molecule has 1 atom stereocenters. The molecule has 5 heteroatoms. The summed E-state index contributed by atoms with van der Waals surface area (Å²) in [7, 11) is 0. The maximum atomic E-state index is 11.0. The number of aromatic nitrogens is 2. The summed E-state index contributed by atoms with van der Waals surface area (Å²) in [5.41, 5.74) is 0. The zero-order chi connectivity index (χ0) is 9.68. The number of rotatable bonds is 4. The zero-order valence-electron chi connectivity index (χ0n) is 7.79. The van der Waals surface area contributed by atoms with Crippen molar-refractivity contribution >= 4 is 11.7 Å². The highest BCUT2D eigenvalue weighted by Gasteiger charge is 2.04. The van der Waals surface area contributed by atoms with E-state index in [-0.39, 0.29) is 12.1 Å². The van der Waals surface area contributed by atoms with Crippen LogP contribution in [0.4, 0.5) is 5.82 Å². The molecule has 0 radical (unpaired) electrons. The quantitative estimate of drug-likeness (QED) is 0.600. The fourth-order valence-corrected chi connectivity index (χ4v) is 0.941. The second-order valence-corrected chi connectivity index (χ2v) is 2.74. The van der Waals surface area contributed by atoms with Crippen LogP contribution in [0.15, 0.2) is 12.5 Å². The van der Waals surface area contributed by atoms with Gasteiger partial charge in [-0.25, -0.2) is 4.98 Å². The Morgan fingerprint density at radius 1 is 1.77 bits per heavy atom. The lowest BCUT2D eigenvalue weighted by Gasteiger charge is -2.14. The number of imidazole rings is 1. The Kier molecular flexibility index (Phi) is 3.31. The van der Waals surface area contributed by atoms with Gasteiger partial charge in [-0.3, -0.25) is 4.79 Å². The SMILES string of the molecule is CCC(=O)NC(C)Nc1c[nH]cn1. The van der Waals surface area contributed by atoms with E-state index in [0.29, 0.717) is 6.42 Å². The predicted molar refractivity (Wildman–Crippen MR) is 50.1 cm³/mol. The van der Waals surface area contributed by atoms with Crippen molar-refractivity contribution in [2.24, 2.45) is 0 Å². The lowest BCUT2D eigenvalue weighted by molar-refractivity contribution is -0.121. The van der Waals surface area contributed by atoms with Crippen LogP contribution in [0.2, 0.25) is 0 Å². The number of carbonyl (C=O) groups excluding carboxylic acids is 1. The molecule has 0 spiro atoms. The molecule has 1 aromatic rings. The van der Waals surface area contributed by atoms with Crippen LogP contribution in [-0.2, 0) is 4.79 Å². The summed E-state index contributed by atoms with van der Waals surface area (Å²) in [4.78, 5) is 17.8. The van der Waals surface area contributed by atoms with Crippen molar-refractivity contribution in [2.75, 3.05) is 5.32 Å². The van der Waals surface area contributed by atoms with Crippen molar-refractivity contribution in [3.63, 3.8) is 0 Å². The van der Waals surface area contributed by atoms with Crippen molar-refractivity contribution < 1.29 is 4.79 Å². The second-order valence-electron chi connectivity index (χ2n) is 2.74. The molecule has 0 fully saturated rings. The monoisotopic (exact) mass is 182 g/mol. The van der Waals surface area contributed by atoms with Crippen molar-refractivity contribution in [3.05, 3.63) is 12.5 Å². The van der Waals surface area contributed by atoms with Gasteiger partial charge in [0.1, 0.15) is 5.82 Å². The molecule has 0 saturated heterocycles. The Morgan fingerprint density at radius 2 is 2.54 bits per heavy atom. The molecule has 1 aromatic heterocycles. The van der Waals surface area contributed by atoms with Gasteiger partial charge < -0.3 is 15.6 Å². The topological polar surface area (TPSA) is 69.8 Å². The maximum Gasteiger partial charge on any atom is 0.221 e. The highest BCUT2D eigenvalue weighted by Crippen LogP contribution is 1.99. The zero-order valence-corrected chi connectivity index (χ0v) is 7.79. The van der Waals surface area contributed by atoms with Crippen LogP contribution in [0.5, 0.6) is 0 Å². The number of carbonyl (C=O) groups is 1. The van der Waals surface area contributed by atoms with Gasteiger partial charge in [0.25, 0.3) is 0 Å². The van der Waals surface area contributed by atoms with Crippen molar-refractivity contribution in [1.29, 1.82) is 0 Å². The molecular weight excluding hydrogens is 168 g/mol. The highest BCUT2D eigenvalue weighted by atomic mass is 16.1. The molecular formula is C8H14N4O. The van der Waals surface area contributed by atoms with Crippen LogP contribution in [0.1, 0.15) is 20.3 Å². The number of nitrogens with zero attached hydrogens (tertiary/aromatic N) is 1. The molecule has 0 saturated carbocycles. The third-order valence-electron chi connectivity index (χ3n) is 1.56. The Morgan fingerprint density at radius 3 is 3.08 bits per heavy atom. The van der Waals surface area contributed by atoms with E-state index in [1.54, 1.807) is 12.5 Å².